The van der Waals surface area contributed by atoms with Crippen LogP contribution in [0.1, 0.15) is 16.1 Å². The van der Waals surface area contributed by atoms with Crippen LogP contribution >= 0.6 is 27.7 Å². The number of thioether (sulfide) groups is 1. The molecule has 0 spiro atoms. The van der Waals surface area contributed by atoms with Gasteiger partial charge in [-0.15, -0.1) is 11.8 Å². The highest BCUT2D eigenvalue weighted by atomic mass is 79.9. The van der Waals surface area contributed by atoms with Gasteiger partial charge in [-0.25, -0.2) is 4.79 Å². The van der Waals surface area contributed by atoms with Gasteiger partial charge in [0.25, 0.3) is 0 Å². The number of carbonyl (C=O) groups is 1. The van der Waals surface area contributed by atoms with Gasteiger partial charge in [-0.05, 0) is 30.3 Å². The fourth-order valence-electron chi connectivity index (χ4n) is 1.42. The summed E-state index contributed by atoms with van der Waals surface area (Å²) in [4.78, 5) is 12.6. The van der Waals surface area contributed by atoms with E-state index in [2.05, 4.69) is 20.7 Å². The normalized spacial score (nSPS) is 10.3. The van der Waals surface area contributed by atoms with Gasteiger partial charge in [0.05, 0.1) is 19.1 Å². The highest BCUT2D eigenvalue weighted by Gasteiger charge is 2.14. The number of esters is 1. The van der Waals surface area contributed by atoms with E-state index in [1.165, 1.54) is 13.4 Å². The van der Waals surface area contributed by atoms with Gasteiger partial charge in [-0.2, -0.15) is 0 Å². The second kappa shape index (κ2) is 6.11. The number of hydrogen-bond donors (Lipinski definition) is 0. The van der Waals surface area contributed by atoms with Gasteiger partial charge in [0.2, 0.25) is 0 Å². The Morgan fingerprint density at radius 1 is 1.33 bits per heavy atom. The lowest BCUT2D eigenvalue weighted by molar-refractivity contribution is 0.0598. The Morgan fingerprint density at radius 2 is 2.06 bits per heavy atom. The van der Waals surface area contributed by atoms with Crippen molar-refractivity contribution in [3.05, 3.63) is 52.4 Å². The maximum absolute atomic E-state index is 11.5. The summed E-state index contributed by atoms with van der Waals surface area (Å²) in [6, 6.07) is 9.60. The fourth-order valence-corrected chi connectivity index (χ4v) is 2.54. The predicted octanol–water partition coefficient (Wildman–Crippen LogP) is 4.12. The Balaban J connectivity index is 2.04. The molecule has 0 unspecified atom stereocenters. The van der Waals surface area contributed by atoms with Crippen LogP contribution < -0.4 is 0 Å². The number of hydrogen-bond acceptors (Lipinski definition) is 4. The largest absolute Gasteiger partial charge is 0.468 e. The summed E-state index contributed by atoms with van der Waals surface area (Å²) in [6.45, 7) is 0. The molecule has 0 aliphatic heterocycles. The maximum Gasteiger partial charge on any atom is 0.341 e. The number of rotatable bonds is 4. The van der Waals surface area contributed by atoms with Crippen LogP contribution in [-0.2, 0) is 10.5 Å². The Hall–Kier alpha value is -1.20. The van der Waals surface area contributed by atoms with Crippen molar-refractivity contribution in [2.45, 2.75) is 10.6 Å². The first-order valence-electron chi connectivity index (χ1n) is 5.24. The lowest BCUT2D eigenvalue weighted by Crippen LogP contribution is -2.02. The average Bonchev–Trinajstić information content (AvgIpc) is 2.85. The molecular weight excluding hydrogens is 316 g/mol. The van der Waals surface area contributed by atoms with Crippen LogP contribution in [0.25, 0.3) is 0 Å². The minimum absolute atomic E-state index is 0.366. The molecule has 1 aromatic heterocycles. The third-order valence-corrected chi connectivity index (χ3v) is 3.87. The molecule has 0 aliphatic carbocycles. The van der Waals surface area contributed by atoms with Gasteiger partial charge in [0.15, 0.2) is 0 Å². The summed E-state index contributed by atoms with van der Waals surface area (Å²) in [5, 5.41) is 0. The van der Waals surface area contributed by atoms with Crippen LogP contribution in [0.15, 0.2) is 50.4 Å². The van der Waals surface area contributed by atoms with Crippen molar-refractivity contribution in [3.63, 3.8) is 0 Å². The van der Waals surface area contributed by atoms with Crippen LogP contribution in [-0.4, -0.2) is 13.1 Å². The van der Waals surface area contributed by atoms with E-state index in [-0.39, 0.29) is 5.97 Å². The average molecular weight is 327 g/mol. The van der Waals surface area contributed by atoms with Gasteiger partial charge in [0.1, 0.15) is 11.3 Å². The van der Waals surface area contributed by atoms with Crippen LogP contribution in [0.4, 0.5) is 0 Å². The number of halogens is 1. The van der Waals surface area contributed by atoms with E-state index >= 15 is 0 Å². The zero-order chi connectivity index (χ0) is 13.0. The van der Waals surface area contributed by atoms with Crippen molar-refractivity contribution in [2.75, 3.05) is 7.11 Å². The molecule has 94 valence electrons. The Bertz CT molecular complexity index is 533. The number of furan rings is 1. The predicted molar refractivity (Wildman–Crippen MR) is 73.8 cm³/mol. The maximum atomic E-state index is 11.5. The Labute approximate surface area is 118 Å². The highest BCUT2D eigenvalue weighted by molar-refractivity contribution is 9.10. The van der Waals surface area contributed by atoms with Crippen molar-refractivity contribution in [2.24, 2.45) is 0 Å². The second-order valence-corrected chi connectivity index (χ2v) is 5.46. The van der Waals surface area contributed by atoms with Gasteiger partial charge >= 0.3 is 5.97 Å². The van der Waals surface area contributed by atoms with E-state index in [9.17, 15) is 4.79 Å². The first-order chi connectivity index (χ1) is 8.70. The van der Waals surface area contributed by atoms with E-state index in [4.69, 9.17) is 4.42 Å². The van der Waals surface area contributed by atoms with Crippen molar-refractivity contribution in [1.82, 2.24) is 0 Å². The molecule has 0 saturated heterocycles. The standard InChI is InChI=1S/C13H11BrO3S/c1-16-13(15)11-6-7-17-12(11)8-18-10-4-2-9(14)3-5-10/h2-7H,8H2,1H3. The first kappa shape index (κ1) is 13.2. The molecule has 1 aromatic carbocycles. The second-order valence-electron chi connectivity index (χ2n) is 3.49. The third kappa shape index (κ3) is 3.17. The summed E-state index contributed by atoms with van der Waals surface area (Å²) in [5.74, 6) is 0.865. The summed E-state index contributed by atoms with van der Waals surface area (Å²) < 4.78 is 11.0. The molecule has 0 saturated carbocycles. The van der Waals surface area contributed by atoms with Gasteiger partial charge in [-0.3, -0.25) is 0 Å². The smallest absolute Gasteiger partial charge is 0.341 e. The molecule has 5 heteroatoms. The molecule has 0 atom stereocenters. The molecule has 3 nitrogen and oxygen atoms in total. The molecule has 18 heavy (non-hydrogen) atoms. The van der Waals surface area contributed by atoms with E-state index in [0.29, 0.717) is 17.1 Å². The lowest BCUT2D eigenvalue weighted by Gasteiger charge is -2.02. The molecule has 0 amide bonds. The number of ether oxygens (including phenoxy) is 1. The molecule has 2 rings (SSSR count). The van der Waals surface area contributed by atoms with Crippen LogP contribution in [0.3, 0.4) is 0 Å². The summed E-state index contributed by atoms with van der Waals surface area (Å²) in [7, 11) is 1.36. The number of carbonyl (C=O) groups excluding carboxylic acids is 1. The van der Waals surface area contributed by atoms with E-state index < -0.39 is 0 Å². The van der Waals surface area contributed by atoms with Crippen LogP contribution in [0, 0.1) is 0 Å². The monoisotopic (exact) mass is 326 g/mol. The lowest BCUT2D eigenvalue weighted by atomic mass is 10.3. The zero-order valence-electron chi connectivity index (χ0n) is 9.68. The SMILES string of the molecule is COC(=O)c1ccoc1CSc1ccc(Br)cc1. The Morgan fingerprint density at radius 3 is 2.72 bits per heavy atom. The summed E-state index contributed by atoms with van der Waals surface area (Å²) >= 11 is 4.99. The third-order valence-electron chi connectivity index (χ3n) is 2.33. The van der Waals surface area contributed by atoms with Crippen molar-refractivity contribution < 1.29 is 13.9 Å². The molecule has 1 heterocycles. The summed E-state index contributed by atoms with van der Waals surface area (Å²) in [6.07, 6.45) is 1.50. The van der Waals surface area contributed by atoms with Crippen molar-refractivity contribution >= 4 is 33.7 Å². The fraction of sp³-hybridized carbons (Fsp3) is 0.154. The van der Waals surface area contributed by atoms with E-state index in [0.717, 1.165) is 9.37 Å². The number of benzene rings is 1. The van der Waals surface area contributed by atoms with Gasteiger partial charge in [-0.1, -0.05) is 15.9 Å². The molecule has 0 fully saturated rings. The Kier molecular flexibility index (Phi) is 4.49. The summed E-state index contributed by atoms with van der Waals surface area (Å²) in [5.41, 5.74) is 0.488. The van der Waals surface area contributed by atoms with E-state index in [1.54, 1.807) is 17.8 Å². The zero-order valence-corrected chi connectivity index (χ0v) is 12.1. The molecular formula is C13H11BrO3S. The molecule has 0 aliphatic rings. The highest BCUT2D eigenvalue weighted by Crippen LogP contribution is 2.26. The number of methoxy groups -OCH3 is 1. The molecule has 0 N–H and O–H groups in total. The minimum Gasteiger partial charge on any atom is -0.468 e. The first-order valence-corrected chi connectivity index (χ1v) is 7.01. The van der Waals surface area contributed by atoms with Crippen molar-refractivity contribution in [1.29, 1.82) is 0 Å². The van der Waals surface area contributed by atoms with Gasteiger partial charge in [0, 0.05) is 9.37 Å². The minimum atomic E-state index is -0.366. The molecule has 0 bridgehead atoms. The van der Waals surface area contributed by atoms with E-state index in [1.807, 2.05) is 24.3 Å². The quantitative estimate of drug-likeness (QED) is 0.625. The van der Waals surface area contributed by atoms with Crippen LogP contribution in [0.5, 0.6) is 0 Å². The van der Waals surface area contributed by atoms with Crippen molar-refractivity contribution in [3.8, 4) is 0 Å². The topological polar surface area (TPSA) is 39.4 Å². The molecule has 2 aromatic rings. The molecule has 0 radical (unpaired) electrons. The van der Waals surface area contributed by atoms with Gasteiger partial charge < -0.3 is 9.15 Å². The van der Waals surface area contributed by atoms with Crippen LogP contribution in [0.2, 0.25) is 0 Å².